The first-order chi connectivity index (χ1) is 7.59. The molecule has 0 aliphatic carbocycles. The summed E-state index contributed by atoms with van der Waals surface area (Å²) in [5.41, 5.74) is 0. The van der Waals surface area contributed by atoms with Gasteiger partial charge >= 0.3 is 0 Å². The molecule has 4 heteroatoms. The van der Waals surface area contributed by atoms with Crippen molar-refractivity contribution in [1.29, 1.82) is 0 Å². The van der Waals surface area contributed by atoms with Crippen molar-refractivity contribution in [3.8, 4) is 0 Å². The van der Waals surface area contributed by atoms with Crippen LogP contribution in [0, 0.1) is 5.92 Å². The van der Waals surface area contributed by atoms with E-state index in [2.05, 4.69) is 30.6 Å². The Kier molecular flexibility index (Phi) is 3.30. The first kappa shape index (κ1) is 11.6. The molecule has 16 heavy (non-hydrogen) atoms. The van der Waals surface area contributed by atoms with Gasteiger partial charge in [0.25, 0.3) is 0 Å². The summed E-state index contributed by atoms with van der Waals surface area (Å²) < 4.78 is 0. The molecule has 0 aromatic carbocycles. The molecule has 2 unspecified atom stereocenters. The third-order valence-corrected chi connectivity index (χ3v) is 3.67. The van der Waals surface area contributed by atoms with E-state index in [1.165, 1.54) is 4.88 Å². The minimum absolute atomic E-state index is 0.0640. The SMILES string of the molecule is CC(C)CN1C(=O)C(C)NC1c1cccs1. The number of nitrogens with zero attached hydrogens (tertiary/aromatic N) is 1. The zero-order chi connectivity index (χ0) is 11.7. The highest BCUT2D eigenvalue weighted by Crippen LogP contribution is 2.28. The van der Waals surface area contributed by atoms with E-state index in [9.17, 15) is 4.79 Å². The zero-order valence-corrected chi connectivity index (χ0v) is 10.8. The van der Waals surface area contributed by atoms with Crippen molar-refractivity contribution < 1.29 is 4.79 Å². The predicted octanol–water partition coefficient (Wildman–Crippen LogP) is 2.22. The number of hydrogen-bond donors (Lipinski definition) is 1. The van der Waals surface area contributed by atoms with Gasteiger partial charge in [0.15, 0.2) is 0 Å². The van der Waals surface area contributed by atoms with Crippen molar-refractivity contribution in [1.82, 2.24) is 10.2 Å². The fourth-order valence-corrected chi connectivity index (χ4v) is 2.84. The van der Waals surface area contributed by atoms with Gasteiger partial charge < -0.3 is 4.90 Å². The van der Waals surface area contributed by atoms with Crippen LogP contribution in [0.15, 0.2) is 17.5 Å². The van der Waals surface area contributed by atoms with Gasteiger partial charge in [-0.05, 0) is 24.3 Å². The summed E-state index contributed by atoms with van der Waals surface area (Å²) in [6.45, 7) is 7.03. The number of nitrogens with one attached hydrogen (secondary N) is 1. The summed E-state index contributed by atoms with van der Waals surface area (Å²) in [6, 6.07) is 4.05. The first-order valence-corrected chi connectivity index (χ1v) is 6.57. The average Bonchev–Trinajstić information content (AvgIpc) is 2.81. The van der Waals surface area contributed by atoms with Crippen molar-refractivity contribution in [3.05, 3.63) is 22.4 Å². The largest absolute Gasteiger partial charge is 0.320 e. The maximum atomic E-state index is 12.0. The molecular formula is C12H18N2OS. The molecule has 1 aromatic rings. The monoisotopic (exact) mass is 238 g/mol. The smallest absolute Gasteiger partial charge is 0.241 e. The molecule has 3 nitrogen and oxygen atoms in total. The molecule has 1 aliphatic heterocycles. The number of carbonyl (C=O) groups excluding carboxylic acids is 1. The van der Waals surface area contributed by atoms with Gasteiger partial charge in [-0.1, -0.05) is 19.9 Å². The Morgan fingerprint density at radius 2 is 2.31 bits per heavy atom. The number of rotatable bonds is 3. The van der Waals surface area contributed by atoms with Crippen LogP contribution in [0.2, 0.25) is 0 Å². The topological polar surface area (TPSA) is 32.3 Å². The molecule has 1 aromatic heterocycles. The fourth-order valence-electron chi connectivity index (χ4n) is 2.05. The van der Waals surface area contributed by atoms with Gasteiger partial charge in [-0.2, -0.15) is 0 Å². The van der Waals surface area contributed by atoms with Crippen LogP contribution in [0.5, 0.6) is 0 Å². The van der Waals surface area contributed by atoms with Gasteiger partial charge in [0, 0.05) is 11.4 Å². The van der Waals surface area contributed by atoms with Crippen molar-refractivity contribution in [2.24, 2.45) is 5.92 Å². The molecule has 0 bridgehead atoms. The third-order valence-electron chi connectivity index (χ3n) is 2.75. The summed E-state index contributed by atoms with van der Waals surface area (Å²) in [6.07, 6.45) is 0.0740. The van der Waals surface area contributed by atoms with E-state index in [0.29, 0.717) is 5.92 Å². The summed E-state index contributed by atoms with van der Waals surface area (Å²) in [4.78, 5) is 15.2. The lowest BCUT2D eigenvalue weighted by atomic mass is 10.2. The van der Waals surface area contributed by atoms with Crippen molar-refractivity contribution in [2.75, 3.05) is 6.54 Å². The molecule has 1 aliphatic rings. The van der Waals surface area contributed by atoms with Crippen LogP contribution in [0.4, 0.5) is 0 Å². The van der Waals surface area contributed by atoms with Crippen LogP contribution >= 0.6 is 11.3 Å². The number of amides is 1. The second-order valence-electron chi connectivity index (χ2n) is 4.69. The molecule has 1 N–H and O–H groups in total. The standard InChI is InChI=1S/C12H18N2OS/c1-8(2)7-14-11(10-5-4-6-16-10)13-9(3)12(14)15/h4-6,8-9,11,13H,7H2,1-3H3. The molecule has 88 valence electrons. The van der Waals surface area contributed by atoms with Crippen LogP contribution in [-0.2, 0) is 4.79 Å². The lowest BCUT2D eigenvalue weighted by Crippen LogP contribution is -2.33. The van der Waals surface area contributed by atoms with Crippen LogP contribution < -0.4 is 5.32 Å². The Balaban J connectivity index is 2.20. The maximum absolute atomic E-state index is 12.0. The summed E-state index contributed by atoms with van der Waals surface area (Å²) in [7, 11) is 0. The fraction of sp³-hybridized carbons (Fsp3) is 0.583. The van der Waals surface area contributed by atoms with Gasteiger partial charge in [-0.25, -0.2) is 0 Å². The van der Waals surface area contributed by atoms with Gasteiger partial charge in [0.2, 0.25) is 5.91 Å². The van der Waals surface area contributed by atoms with E-state index in [0.717, 1.165) is 6.54 Å². The van der Waals surface area contributed by atoms with Crippen LogP contribution in [-0.4, -0.2) is 23.4 Å². The predicted molar refractivity (Wildman–Crippen MR) is 66.2 cm³/mol. The second kappa shape index (κ2) is 4.55. The lowest BCUT2D eigenvalue weighted by Gasteiger charge is -2.25. The Hall–Kier alpha value is -0.870. The lowest BCUT2D eigenvalue weighted by molar-refractivity contribution is -0.130. The van der Waals surface area contributed by atoms with Crippen LogP contribution in [0.1, 0.15) is 31.8 Å². The van der Waals surface area contributed by atoms with Crippen molar-refractivity contribution in [2.45, 2.75) is 33.0 Å². The van der Waals surface area contributed by atoms with Crippen molar-refractivity contribution in [3.63, 3.8) is 0 Å². The highest BCUT2D eigenvalue weighted by Gasteiger charge is 2.37. The number of carbonyl (C=O) groups is 1. The summed E-state index contributed by atoms with van der Waals surface area (Å²) in [5, 5.41) is 5.40. The molecule has 0 radical (unpaired) electrons. The maximum Gasteiger partial charge on any atom is 0.241 e. The van der Waals surface area contributed by atoms with Gasteiger partial charge in [-0.15, -0.1) is 11.3 Å². The molecule has 1 amide bonds. The van der Waals surface area contributed by atoms with Gasteiger partial charge in [0.1, 0.15) is 6.17 Å². The molecule has 2 rings (SSSR count). The highest BCUT2D eigenvalue weighted by molar-refractivity contribution is 7.10. The minimum Gasteiger partial charge on any atom is -0.320 e. The molecule has 0 spiro atoms. The van der Waals surface area contributed by atoms with E-state index >= 15 is 0 Å². The molecular weight excluding hydrogens is 220 g/mol. The van der Waals surface area contributed by atoms with Crippen LogP contribution in [0.3, 0.4) is 0 Å². The molecule has 1 fully saturated rings. The number of hydrogen-bond acceptors (Lipinski definition) is 3. The zero-order valence-electron chi connectivity index (χ0n) is 9.93. The highest BCUT2D eigenvalue weighted by atomic mass is 32.1. The summed E-state index contributed by atoms with van der Waals surface area (Å²) in [5.74, 6) is 0.714. The van der Waals surface area contributed by atoms with Crippen molar-refractivity contribution >= 4 is 17.2 Å². The Morgan fingerprint density at radius 1 is 1.56 bits per heavy atom. The second-order valence-corrected chi connectivity index (χ2v) is 5.67. The Morgan fingerprint density at radius 3 is 2.88 bits per heavy atom. The van der Waals surface area contributed by atoms with E-state index in [1.807, 2.05) is 17.9 Å². The van der Waals surface area contributed by atoms with Crippen LogP contribution in [0.25, 0.3) is 0 Å². The molecule has 1 saturated heterocycles. The van der Waals surface area contributed by atoms with E-state index < -0.39 is 0 Å². The van der Waals surface area contributed by atoms with E-state index in [-0.39, 0.29) is 18.1 Å². The van der Waals surface area contributed by atoms with E-state index in [1.54, 1.807) is 11.3 Å². The summed E-state index contributed by atoms with van der Waals surface area (Å²) >= 11 is 1.70. The normalized spacial score (nSPS) is 25.8. The average molecular weight is 238 g/mol. The minimum atomic E-state index is -0.0640. The Bertz CT molecular complexity index is 361. The molecule has 2 atom stereocenters. The first-order valence-electron chi connectivity index (χ1n) is 5.69. The third kappa shape index (κ3) is 2.13. The number of thiophene rings is 1. The molecule has 2 heterocycles. The Labute approximate surface area is 100 Å². The van der Waals surface area contributed by atoms with E-state index in [4.69, 9.17) is 0 Å². The molecule has 0 saturated carbocycles. The quantitative estimate of drug-likeness (QED) is 0.875. The van der Waals surface area contributed by atoms with Gasteiger partial charge in [-0.3, -0.25) is 10.1 Å². The van der Waals surface area contributed by atoms with Gasteiger partial charge in [0.05, 0.1) is 6.04 Å².